The summed E-state index contributed by atoms with van der Waals surface area (Å²) in [5.74, 6) is 1.55. The van der Waals surface area contributed by atoms with Gasteiger partial charge in [0.25, 0.3) is 0 Å². The molecule has 1 unspecified atom stereocenters. The number of anilines is 1. The summed E-state index contributed by atoms with van der Waals surface area (Å²) in [6.45, 7) is 2.78. The monoisotopic (exact) mass is 254 g/mol. The predicted molar refractivity (Wildman–Crippen MR) is 76.8 cm³/mol. The largest absolute Gasteiger partial charge is 0.355 e. The molecular weight excluding hydrogens is 236 g/mol. The van der Waals surface area contributed by atoms with Crippen LogP contribution in [0.5, 0.6) is 0 Å². The Balaban J connectivity index is 1.76. The van der Waals surface area contributed by atoms with Crippen LogP contribution >= 0.6 is 0 Å². The maximum absolute atomic E-state index is 5.71. The lowest BCUT2D eigenvalue weighted by atomic mass is 10.1. The van der Waals surface area contributed by atoms with Gasteiger partial charge in [0.2, 0.25) is 0 Å². The Labute approximate surface area is 113 Å². The van der Waals surface area contributed by atoms with E-state index in [2.05, 4.69) is 15.1 Å². The van der Waals surface area contributed by atoms with Crippen LogP contribution in [0.1, 0.15) is 6.42 Å². The van der Waals surface area contributed by atoms with Gasteiger partial charge in [-0.3, -0.25) is 0 Å². The van der Waals surface area contributed by atoms with Gasteiger partial charge in [-0.1, -0.05) is 30.3 Å². The molecule has 98 valence electrons. The fourth-order valence-corrected chi connectivity index (χ4v) is 2.49. The average molecular weight is 254 g/mol. The van der Waals surface area contributed by atoms with Crippen molar-refractivity contribution in [2.24, 2.45) is 11.7 Å². The molecule has 0 amide bonds. The summed E-state index contributed by atoms with van der Waals surface area (Å²) in [6.07, 6.45) is 1.15. The Morgan fingerprint density at radius 2 is 1.95 bits per heavy atom. The minimum absolute atomic E-state index is 0.593. The van der Waals surface area contributed by atoms with Crippen LogP contribution in [0.4, 0.5) is 5.82 Å². The second kappa shape index (κ2) is 5.36. The third kappa shape index (κ3) is 2.58. The van der Waals surface area contributed by atoms with E-state index in [-0.39, 0.29) is 0 Å². The first-order valence-corrected chi connectivity index (χ1v) is 6.71. The molecule has 4 nitrogen and oxygen atoms in total. The summed E-state index contributed by atoms with van der Waals surface area (Å²) >= 11 is 0. The van der Waals surface area contributed by atoms with Crippen LogP contribution in [0.3, 0.4) is 0 Å². The molecule has 1 aromatic heterocycles. The average Bonchev–Trinajstić information content (AvgIpc) is 2.97. The van der Waals surface area contributed by atoms with Gasteiger partial charge < -0.3 is 10.6 Å². The summed E-state index contributed by atoms with van der Waals surface area (Å²) in [4.78, 5) is 2.26. The van der Waals surface area contributed by atoms with Crippen LogP contribution in [0.15, 0.2) is 42.5 Å². The van der Waals surface area contributed by atoms with Gasteiger partial charge >= 0.3 is 0 Å². The standard InChI is InChI=1S/C15H18N4/c16-10-12-8-9-19(11-12)15-7-6-14(17-18-15)13-4-2-1-3-5-13/h1-7,12H,8-11,16H2. The van der Waals surface area contributed by atoms with Gasteiger partial charge in [-0.2, -0.15) is 0 Å². The highest BCUT2D eigenvalue weighted by atomic mass is 15.3. The van der Waals surface area contributed by atoms with Crippen molar-refractivity contribution in [2.75, 3.05) is 24.5 Å². The van der Waals surface area contributed by atoms with Crippen molar-refractivity contribution in [1.29, 1.82) is 0 Å². The number of nitrogens with zero attached hydrogens (tertiary/aromatic N) is 3. The fourth-order valence-electron chi connectivity index (χ4n) is 2.49. The smallest absolute Gasteiger partial charge is 0.151 e. The second-order valence-corrected chi connectivity index (χ2v) is 4.98. The molecule has 1 aromatic carbocycles. The van der Waals surface area contributed by atoms with E-state index in [1.807, 2.05) is 42.5 Å². The summed E-state index contributed by atoms with van der Waals surface area (Å²) in [7, 11) is 0. The third-order valence-corrected chi connectivity index (χ3v) is 3.66. The number of rotatable bonds is 3. The van der Waals surface area contributed by atoms with Crippen LogP contribution in [0.25, 0.3) is 11.3 Å². The SMILES string of the molecule is NCC1CCN(c2ccc(-c3ccccc3)nn2)C1. The first-order valence-electron chi connectivity index (χ1n) is 6.71. The molecular formula is C15H18N4. The molecule has 0 aliphatic carbocycles. The fraction of sp³-hybridized carbons (Fsp3) is 0.333. The van der Waals surface area contributed by atoms with Crippen LogP contribution in [-0.2, 0) is 0 Å². The van der Waals surface area contributed by atoms with Crippen molar-refractivity contribution in [3.05, 3.63) is 42.5 Å². The Morgan fingerprint density at radius 3 is 2.58 bits per heavy atom. The summed E-state index contributed by atoms with van der Waals surface area (Å²) in [5, 5.41) is 8.66. The molecule has 1 saturated heterocycles. The molecule has 0 bridgehead atoms. The Bertz CT molecular complexity index is 524. The molecule has 2 N–H and O–H groups in total. The van der Waals surface area contributed by atoms with Gasteiger partial charge in [-0.15, -0.1) is 10.2 Å². The molecule has 1 aliphatic rings. The quantitative estimate of drug-likeness (QED) is 0.909. The molecule has 3 rings (SSSR count). The highest BCUT2D eigenvalue weighted by Gasteiger charge is 2.22. The predicted octanol–water partition coefficient (Wildman–Crippen LogP) is 1.93. The number of hydrogen-bond acceptors (Lipinski definition) is 4. The highest BCUT2D eigenvalue weighted by molar-refractivity contribution is 5.59. The molecule has 2 heterocycles. The summed E-state index contributed by atoms with van der Waals surface area (Å²) in [5.41, 5.74) is 7.73. The van der Waals surface area contributed by atoms with Crippen LogP contribution in [-0.4, -0.2) is 29.8 Å². The van der Waals surface area contributed by atoms with Crippen molar-refractivity contribution in [2.45, 2.75) is 6.42 Å². The van der Waals surface area contributed by atoms with E-state index in [1.165, 1.54) is 0 Å². The normalized spacial score (nSPS) is 18.8. The second-order valence-electron chi connectivity index (χ2n) is 4.98. The van der Waals surface area contributed by atoms with Gasteiger partial charge in [-0.25, -0.2) is 0 Å². The Morgan fingerprint density at radius 1 is 1.11 bits per heavy atom. The molecule has 1 aliphatic heterocycles. The van der Waals surface area contributed by atoms with Crippen molar-refractivity contribution in [3.8, 4) is 11.3 Å². The molecule has 1 atom stereocenters. The van der Waals surface area contributed by atoms with Crippen molar-refractivity contribution in [3.63, 3.8) is 0 Å². The molecule has 1 fully saturated rings. The highest BCUT2D eigenvalue weighted by Crippen LogP contribution is 2.22. The molecule has 0 spiro atoms. The van der Waals surface area contributed by atoms with Crippen LogP contribution < -0.4 is 10.6 Å². The van der Waals surface area contributed by atoms with Gasteiger partial charge in [0.05, 0.1) is 5.69 Å². The van der Waals surface area contributed by atoms with E-state index in [1.54, 1.807) is 0 Å². The molecule has 0 radical (unpaired) electrons. The van der Waals surface area contributed by atoms with Crippen molar-refractivity contribution in [1.82, 2.24) is 10.2 Å². The van der Waals surface area contributed by atoms with Crippen molar-refractivity contribution >= 4 is 5.82 Å². The van der Waals surface area contributed by atoms with E-state index >= 15 is 0 Å². The number of nitrogens with two attached hydrogens (primary N) is 1. The van der Waals surface area contributed by atoms with E-state index < -0.39 is 0 Å². The molecule has 4 heteroatoms. The number of hydrogen-bond donors (Lipinski definition) is 1. The van der Waals surface area contributed by atoms with Gasteiger partial charge in [0.1, 0.15) is 0 Å². The Hall–Kier alpha value is -1.94. The lowest BCUT2D eigenvalue weighted by Gasteiger charge is -2.16. The van der Waals surface area contributed by atoms with Crippen molar-refractivity contribution < 1.29 is 0 Å². The van der Waals surface area contributed by atoms with E-state index in [4.69, 9.17) is 5.73 Å². The third-order valence-electron chi connectivity index (χ3n) is 3.66. The summed E-state index contributed by atoms with van der Waals surface area (Å²) < 4.78 is 0. The number of aromatic nitrogens is 2. The lowest BCUT2D eigenvalue weighted by molar-refractivity contribution is 0.602. The first-order chi connectivity index (χ1) is 9.36. The van der Waals surface area contributed by atoms with E-state index in [0.29, 0.717) is 5.92 Å². The van der Waals surface area contributed by atoms with E-state index in [0.717, 1.165) is 43.1 Å². The summed E-state index contributed by atoms with van der Waals surface area (Å²) in [6, 6.07) is 14.2. The topological polar surface area (TPSA) is 55.0 Å². The zero-order valence-corrected chi connectivity index (χ0v) is 10.9. The van der Waals surface area contributed by atoms with E-state index in [9.17, 15) is 0 Å². The van der Waals surface area contributed by atoms with Crippen LogP contribution in [0.2, 0.25) is 0 Å². The molecule has 19 heavy (non-hydrogen) atoms. The lowest BCUT2D eigenvalue weighted by Crippen LogP contribution is -2.23. The first kappa shape index (κ1) is 12.1. The zero-order chi connectivity index (χ0) is 13.1. The maximum atomic E-state index is 5.71. The minimum atomic E-state index is 0.593. The minimum Gasteiger partial charge on any atom is -0.355 e. The molecule has 2 aromatic rings. The maximum Gasteiger partial charge on any atom is 0.151 e. The Kier molecular flexibility index (Phi) is 3.42. The number of benzene rings is 1. The van der Waals surface area contributed by atoms with Gasteiger partial charge in [0, 0.05) is 18.7 Å². The zero-order valence-electron chi connectivity index (χ0n) is 10.9. The van der Waals surface area contributed by atoms with Crippen LogP contribution in [0, 0.1) is 5.92 Å². The van der Waals surface area contributed by atoms with Gasteiger partial charge in [-0.05, 0) is 31.0 Å². The molecule has 0 saturated carbocycles. The van der Waals surface area contributed by atoms with Gasteiger partial charge in [0.15, 0.2) is 5.82 Å².